The van der Waals surface area contributed by atoms with Crippen LogP contribution in [0.4, 0.5) is 10.1 Å². The molecular weight excluding hydrogens is 179 g/mol. The van der Waals surface area contributed by atoms with E-state index in [9.17, 15) is 4.39 Å². The number of benzene rings is 1. The van der Waals surface area contributed by atoms with Gasteiger partial charge in [-0.15, -0.1) is 0 Å². The zero-order chi connectivity index (χ0) is 9.80. The van der Waals surface area contributed by atoms with Crippen LogP contribution in [0.15, 0.2) is 24.3 Å². The molecule has 2 rings (SSSR count). The average Bonchev–Trinajstić information content (AvgIpc) is 2.42. The van der Waals surface area contributed by atoms with Crippen LogP contribution in [0.2, 0.25) is 0 Å². The standard InChI is InChI=1S/C11H15FN2/c12-5-7-14-8-6-13-9-10-3-1-2-4-11(10)14/h1-4,13H,5-9H2. The second-order valence-corrected chi connectivity index (χ2v) is 3.48. The second kappa shape index (κ2) is 4.42. The van der Waals surface area contributed by atoms with Crippen LogP contribution < -0.4 is 10.2 Å². The number of hydrogen-bond donors (Lipinski definition) is 1. The Balaban J connectivity index is 2.27. The summed E-state index contributed by atoms with van der Waals surface area (Å²) < 4.78 is 12.3. The number of nitrogens with zero attached hydrogens (tertiary/aromatic N) is 1. The Kier molecular flexibility index (Phi) is 2.99. The maximum atomic E-state index is 12.3. The largest absolute Gasteiger partial charge is 0.367 e. The van der Waals surface area contributed by atoms with Crippen molar-refractivity contribution in [3.05, 3.63) is 29.8 Å². The highest BCUT2D eigenvalue weighted by Gasteiger charge is 2.13. The SMILES string of the molecule is FCCN1CCNCc2ccccc21. The van der Waals surface area contributed by atoms with Crippen LogP contribution in [0, 0.1) is 0 Å². The highest BCUT2D eigenvalue weighted by molar-refractivity contribution is 5.54. The van der Waals surface area contributed by atoms with Gasteiger partial charge in [0.05, 0.1) is 0 Å². The lowest BCUT2D eigenvalue weighted by molar-refractivity contribution is 0.490. The quantitative estimate of drug-likeness (QED) is 0.768. The Bertz CT molecular complexity index is 301. The van der Waals surface area contributed by atoms with E-state index in [4.69, 9.17) is 0 Å². The van der Waals surface area contributed by atoms with Gasteiger partial charge in [-0.1, -0.05) is 18.2 Å². The van der Waals surface area contributed by atoms with Gasteiger partial charge in [-0.3, -0.25) is 0 Å². The normalized spacial score (nSPS) is 16.2. The van der Waals surface area contributed by atoms with Crippen LogP contribution in [0.3, 0.4) is 0 Å². The van der Waals surface area contributed by atoms with Crippen LogP contribution in [0.5, 0.6) is 0 Å². The Morgan fingerprint density at radius 3 is 3.07 bits per heavy atom. The van der Waals surface area contributed by atoms with Crippen molar-refractivity contribution < 1.29 is 4.39 Å². The summed E-state index contributed by atoms with van der Waals surface area (Å²) in [7, 11) is 0. The molecule has 3 heteroatoms. The summed E-state index contributed by atoms with van der Waals surface area (Å²) in [5.41, 5.74) is 2.44. The first-order valence-electron chi connectivity index (χ1n) is 5.01. The lowest BCUT2D eigenvalue weighted by atomic mass is 10.1. The zero-order valence-corrected chi connectivity index (χ0v) is 8.17. The molecule has 2 nitrogen and oxygen atoms in total. The van der Waals surface area contributed by atoms with Gasteiger partial charge in [0.2, 0.25) is 0 Å². The number of para-hydroxylation sites is 1. The number of halogens is 1. The molecule has 1 aliphatic rings. The molecule has 0 bridgehead atoms. The summed E-state index contributed by atoms with van der Waals surface area (Å²) in [6.07, 6.45) is 0. The van der Waals surface area contributed by atoms with Gasteiger partial charge >= 0.3 is 0 Å². The van der Waals surface area contributed by atoms with Gasteiger partial charge in [-0.05, 0) is 11.6 Å². The molecule has 1 aromatic carbocycles. The smallest absolute Gasteiger partial charge is 0.107 e. The number of anilines is 1. The molecule has 0 radical (unpaired) electrons. The van der Waals surface area contributed by atoms with Gasteiger partial charge in [-0.2, -0.15) is 0 Å². The summed E-state index contributed by atoms with van der Waals surface area (Å²) in [4.78, 5) is 2.11. The van der Waals surface area contributed by atoms with Crippen molar-refractivity contribution in [1.82, 2.24) is 5.32 Å². The van der Waals surface area contributed by atoms with Gasteiger partial charge in [-0.25, -0.2) is 4.39 Å². The molecule has 0 atom stereocenters. The van der Waals surface area contributed by atoms with E-state index in [2.05, 4.69) is 22.3 Å². The first-order chi connectivity index (χ1) is 6.92. The van der Waals surface area contributed by atoms with E-state index < -0.39 is 0 Å². The van der Waals surface area contributed by atoms with Crippen LogP contribution in [0.1, 0.15) is 5.56 Å². The van der Waals surface area contributed by atoms with Crippen LogP contribution >= 0.6 is 0 Å². The molecule has 0 fully saturated rings. The van der Waals surface area contributed by atoms with Crippen molar-refractivity contribution in [2.45, 2.75) is 6.54 Å². The molecule has 0 aliphatic carbocycles. The van der Waals surface area contributed by atoms with E-state index in [1.165, 1.54) is 11.3 Å². The second-order valence-electron chi connectivity index (χ2n) is 3.48. The molecule has 0 aromatic heterocycles. The van der Waals surface area contributed by atoms with Gasteiger partial charge in [0.1, 0.15) is 6.67 Å². The molecule has 0 saturated carbocycles. The molecule has 14 heavy (non-hydrogen) atoms. The van der Waals surface area contributed by atoms with Crippen LogP contribution in [0.25, 0.3) is 0 Å². The lowest BCUT2D eigenvalue weighted by Crippen LogP contribution is -2.30. The summed E-state index contributed by atoms with van der Waals surface area (Å²) in [5, 5.41) is 3.33. The fourth-order valence-corrected chi connectivity index (χ4v) is 1.86. The predicted octanol–water partition coefficient (Wildman–Crippen LogP) is 1.57. The third-order valence-corrected chi connectivity index (χ3v) is 2.56. The average molecular weight is 194 g/mol. The Morgan fingerprint density at radius 2 is 2.21 bits per heavy atom. The summed E-state index contributed by atoms with van der Waals surface area (Å²) >= 11 is 0. The fourth-order valence-electron chi connectivity index (χ4n) is 1.86. The number of alkyl halides is 1. The molecule has 1 N–H and O–H groups in total. The minimum Gasteiger partial charge on any atom is -0.367 e. The summed E-state index contributed by atoms with van der Waals surface area (Å²) in [5.74, 6) is 0. The van der Waals surface area contributed by atoms with Gasteiger partial charge in [0.15, 0.2) is 0 Å². The number of hydrogen-bond acceptors (Lipinski definition) is 2. The molecule has 1 aromatic rings. The van der Waals surface area contributed by atoms with Crippen molar-refractivity contribution in [3.8, 4) is 0 Å². The third-order valence-electron chi connectivity index (χ3n) is 2.56. The van der Waals surface area contributed by atoms with Crippen LogP contribution in [-0.2, 0) is 6.54 Å². The number of fused-ring (bicyclic) bond motifs is 1. The van der Waals surface area contributed by atoms with Crippen molar-refractivity contribution in [2.75, 3.05) is 31.2 Å². The van der Waals surface area contributed by atoms with E-state index in [-0.39, 0.29) is 6.67 Å². The van der Waals surface area contributed by atoms with E-state index in [0.717, 1.165) is 19.6 Å². The van der Waals surface area contributed by atoms with Gasteiger partial charge in [0, 0.05) is 31.9 Å². The van der Waals surface area contributed by atoms with Crippen molar-refractivity contribution in [2.24, 2.45) is 0 Å². The molecule has 1 heterocycles. The Hall–Kier alpha value is -1.09. The molecule has 76 valence electrons. The first kappa shape index (κ1) is 9.46. The minimum atomic E-state index is -0.283. The van der Waals surface area contributed by atoms with Gasteiger partial charge < -0.3 is 10.2 Å². The van der Waals surface area contributed by atoms with Crippen LogP contribution in [-0.4, -0.2) is 26.3 Å². The maximum absolute atomic E-state index is 12.3. The summed E-state index contributed by atoms with van der Waals surface area (Å²) in [6.45, 7) is 2.92. The fraction of sp³-hybridized carbons (Fsp3) is 0.455. The summed E-state index contributed by atoms with van der Waals surface area (Å²) in [6, 6.07) is 8.20. The number of nitrogens with one attached hydrogen (secondary N) is 1. The molecule has 1 aliphatic heterocycles. The van der Waals surface area contributed by atoms with E-state index in [0.29, 0.717) is 6.54 Å². The Labute approximate surface area is 83.7 Å². The molecule has 0 spiro atoms. The molecule has 0 saturated heterocycles. The highest BCUT2D eigenvalue weighted by atomic mass is 19.1. The Morgan fingerprint density at radius 1 is 1.36 bits per heavy atom. The van der Waals surface area contributed by atoms with Crippen molar-refractivity contribution >= 4 is 5.69 Å². The van der Waals surface area contributed by atoms with E-state index in [1.807, 2.05) is 12.1 Å². The monoisotopic (exact) mass is 194 g/mol. The maximum Gasteiger partial charge on any atom is 0.107 e. The van der Waals surface area contributed by atoms with Crippen molar-refractivity contribution in [1.29, 1.82) is 0 Å². The molecule has 0 unspecified atom stereocenters. The molecular formula is C11H15FN2. The minimum absolute atomic E-state index is 0.283. The first-order valence-corrected chi connectivity index (χ1v) is 5.01. The zero-order valence-electron chi connectivity index (χ0n) is 8.17. The van der Waals surface area contributed by atoms with Crippen molar-refractivity contribution in [3.63, 3.8) is 0 Å². The van der Waals surface area contributed by atoms with E-state index in [1.54, 1.807) is 0 Å². The van der Waals surface area contributed by atoms with E-state index >= 15 is 0 Å². The number of rotatable bonds is 2. The highest BCUT2D eigenvalue weighted by Crippen LogP contribution is 2.21. The lowest BCUT2D eigenvalue weighted by Gasteiger charge is -2.22. The van der Waals surface area contributed by atoms with Gasteiger partial charge in [0.25, 0.3) is 0 Å². The topological polar surface area (TPSA) is 15.3 Å². The predicted molar refractivity (Wildman–Crippen MR) is 56.3 cm³/mol. The third kappa shape index (κ3) is 1.87. The molecule has 0 amide bonds.